The molecule has 0 heterocycles. The summed E-state index contributed by atoms with van der Waals surface area (Å²) in [5.41, 5.74) is 0. The predicted molar refractivity (Wildman–Crippen MR) is 24.1 cm³/mol. The maximum Gasteiger partial charge on any atom is 0.452 e. The van der Waals surface area contributed by atoms with Crippen molar-refractivity contribution in [3.63, 3.8) is 0 Å². The topological polar surface area (TPSA) is 0 Å². The van der Waals surface area contributed by atoms with Crippen LogP contribution >= 0.6 is 23.2 Å². The predicted octanol–water partition coefficient (Wildman–Crippen LogP) is 2.80. The Balaban J connectivity index is 0. The molecule has 0 fully saturated rings. The Bertz CT molecular complexity index is 67.9. The summed E-state index contributed by atoms with van der Waals surface area (Å²) in [7, 11) is 0. The Morgan fingerprint density at radius 3 is 1.00 bits per heavy atom. The molecule has 0 aliphatic rings. The highest BCUT2D eigenvalue weighted by atomic mass is 35.5. The van der Waals surface area contributed by atoms with Crippen molar-refractivity contribution in [3.05, 3.63) is 0 Å². The lowest BCUT2D eigenvalue weighted by molar-refractivity contribution is -0.170. The lowest BCUT2D eigenvalue weighted by atomic mass is 10.7. The summed E-state index contributed by atoms with van der Waals surface area (Å²) in [6.07, 6.45) is -5.20. The molecule has 0 saturated carbocycles. The van der Waals surface area contributed by atoms with Crippen LogP contribution in [0.1, 0.15) is 0 Å². The van der Waals surface area contributed by atoms with Gasteiger partial charge in [-0.05, 0) is 0 Å². The van der Waals surface area contributed by atoms with Crippen LogP contribution in [0.4, 0.5) is 22.3 Å². The van der Waals surface area contributed by atoms with Crippen molar-refractivity contribution < 1.29 is 22.3 Å². The first-order valence-corrected chi connectivity index (χ1v) is 2.14. The van der Waals surface area contributed by atoms with Crippen molar-refractivity contribution in [1.29, 1.82) is 0 Å². The molecule has 0 spiro atoms. The van der Waals surface area contributed by atoms with Gasteiger partial charge >= 0.3 is 10.8 Å². The van der Waals surface area contributed by atoms with Crippen molar-refractivity contribution >= 4 is 23.2 Å². The zero-order valence-electron chi connectivity index (χ0n) is 3.68. The molecule has 0 atom stereocenters. The molecule has 0 aliphatic heterocycles. The Labute approximate surface area is 57.1 Å². The van der Waals surface area contributed by atoms with E-state index in [1.165, 1.54) is 0 Å². The molecule has 58 valence electrons. The minimum atomic E-state index is -5.20. The second-order valence-corrected chi connectivity index (χ2v) is 2.23. The van der Waals surface area contributed by atoms with Crippen LogP contribution in [0, 0.1) is 0 Å². The molecule has 0 aliphatic carbocycles. The monoisotopic (exact) mass is 190 g/mol. The highest BCUT2D eigenvalue weighted by Gasteiger charge is 2.53. The average molecular weight is 191 g/mol. The van der Waals surface area contributed by atoms with Crippen LogP contribution in [-0.4, -0.2) is 10.8 Å². The lowest BCUT2D eigenvalue weighted by Gasteiger charge is -2.11. The van der Waals surface area contributed by atoms with Gasteiger partial charge in [0.25, 0.3) is 0 Å². The fraction of sp³-hybridized carbons (Fsp3) is 1.00. The minimum Gasteiger partial charge on any atom is -0.269 e. The lowest BCUT2D eigenvalue weighted by Crippen LogP contribution is -2.28. The second-order valence-electron chi connectivity index (χ2n) is 0.996. The number of hydrogen-bond acceptors (Lipinski definition) is 0. The highest BCUT2D eigenvalue weighted by Crippen LogP contribution is 2.40. The fourth-order valence-corrected chi connectivity index (χ4v) is 0. The van der Waals surface area contributed by atoms with Crippen molar-refractivity contribution in [2.45, 2.75) is 10.8 Å². The second kappa shape index (κ2) is 2.88. The first-order chi connectivity index (χ1) is 3.25. The zero-order valence-corrected chi connectivity index (χ0v) is 5.19. The Hall–Kier alpha value is 0.230. The van der Waals surface area contributed by atoms with Gasteiger partial charge in [0.05, 0.1) is 0 Å². The summed E-state index contributed by atoms with van der Waals surface area (Å²) in [5.74, 6) is 0. The van der Waals surface area contributed by atoms with Crippen molar-refractivity contribution in [1.82, 2.24) is 0 Å². The van der Waals surface area contributed by atoms with E-state index in [0.717, 1.165) is 0 Å². The van der Waals surface area contributed by atoms with E-state index in [0.29, 0.717) is 0 Å². The van der Waals surface area contributed by atoms with E-state index in [4.69, 9.17) is 0 Å². The average Bonchev–Trinajstić information content (AvgIpc) is 1.25. The van der Waals surface area contributed by atoms with Gasteiger partial charge in [0, 0.05) is 0 Å². The van der Waals surface area contributed by atoms with Gasteiger partial charge in [-0.1, -0.05) is 23.2 Å². The largest absolute Gasteiger partial charge is 0.452 e. The van der Waals surface area contributed by atoms with E-state index < -0.39 is 10.8 Å². The summed E-state index contributed by atoms with van der Waals surface area (Å²) in [6.45, 7) is 0. The van der Waals surface area contributed by atoms with Crippen LogP contribution < -0.4 is 0 Å². The molecule has 0 aromatic heterocycles. The molecule has 0 nitrogen and oxygen atoms in total. The van der Waals surface area contributed by atoms with E-state index in [9.17, 15) is 17.6 Å². The molecule has 7 heteroatoms. The van der Waals surface area contributed by atoms with Gasteiger partial charge in [-0.3, -0.25) is 4.70 Å². The van der Waals surface area contributed by atoms with Gasteiger partial charge in [0.15, 0.2) is 0 Å². The Morgan fingerprint density at radius 2 is 1.00 bits per heavy atom. The van der Waals surface area contributed by atoms with Gasteiger partial charge in [0.2, 0.25) is 0 Å². The molecule has 0 aromatic carbocycles. The third kappa shape index (κ3) is 3.75. The molecule has 0 rings (SSSR count). The first kappa shape index (κ1) is 12.0. The van der Waals surface area contributed by atoms with Crippen LogP contribution in [-0.2, 0) is 0 Å². The number of hydrogen-bond donors (Lipinski definition) is 0. The molecule has 0 unspecified atom stereocenters. The summed E-state index contributed by atoms with van der Waals surface area (Å²) in [4.78, 5) is 0. The first-order valence-electron chi connectivity index (χ1n) is 1.38. The van der Waals surface area contributed by atoms with Crippen molar-refractivity contribution in [2.75, 3.05) is 0 Å². The van der Waals surface area contributed by atoms with E-state index in [1.54, 1.807) is 0 Å². The smallest absolute Gasteiger partial charge is 0.269 e. The van der Waals surface area contributed by atoms with Gasteiger partial charge in [0.1, 0.15) is 0 Å². The molecule has 0 saturated heterocycles. The van der Waals surface area contributed by atoms with E-state index in [-0.39, 0.29) is 4.70 Å². The van der Waals surface area contributed by atoms with Gasteiger partial charge < -0.3 is 0 Å². The Morgan fingerprint density at radius 1 is 0.889 bits per heavy atom. The maximum absolute atomic E-state index is 11.3. The van der Waals surface area contributed by atoms with Crippen LogP contribution in [0.5, 0.6) is 0 Å². The standard InChI is InChI=1S/C2Cl2F4.FH/c3-1(4,5)2(6,7)8;/h;1H. The summed E-state index contributed by atoms with van der Waals surface area (Å²) in [6, 6.07) is 0. The molecular weight excluding hydrogens is 190 g/mol. The quantitative estimate of drug-likeness (QED) is 0.407. The molecule has 0 radical (unpaired) electrons. The van der Waals surface area contributed by atoms with Crippen LogP contribution in [0.3, 0.4) is 0 Å². The number of rotatable bonds is 0. The van der Waals surface area contributed by atoms with Crippen LogP contribution in [0.25, 0.3) is 0 Å². The van der Waals surface area contributed by atoms with Crippen LogP contribution in [0.15, 0.2) is 0 Å². The van der Waals surface area contributed by atoms with Crippen molar-refractivity contribution in [3.8, 4) is 0 Å². The zero-order chi connectivity index (χ0) is 7.00. The highest BCUT2D eigenvalue weighted by molar-refractivity contribution is 6.47. The van der Waals surface area contributed by atoms with E-state index in [1.807, 2.05) is 0 Å². The van der Waals surface area contributed by atoms with Gasteiger partial charge in [-0.2, -0.15) is 17.6 Å². The van der Waals surface area contributed by atoms with E-state index in [2.05, 4.69) is 23.2 Å². The fourth-order valence-electron chi connectivity index (χ4n) is 0. The summed E-state index contributed by atoms with van der Waals surface area (Å²) in [5, 5.41) is 0. The molecule has 0 N–H and O–H groups in total. The van der Waals surface area contributed by atoms with Gasteiger partial charge in [-0.25, -0.2) is 0 Å². The minimum absolute atomic E-state index is 0. The number of alkyl halides is 6. The van der Waals surface area contributed by atoms with E-state index >= 15 is 0 Å². The maximum atomic E-state index is 11.3. The van der Waals surface area contributed by atoms with Crippen molar-refractivity contribution in [2.24, 2.45) is 0 Å². The third-order valence-electron chi connectivity index (χ3n) is 0.321. The number of halogens is 7. The molecule has 0 bridgehead atoms. The van der Waals surface area contributed by atoms with Crippen LogP contribution in [0.2, 0.25) is 0 Å². The third-order valence-corrected chi connectivity index (χ3v) is 0.750. The summed E-state index contributed by atoms with van der Waals surface area (Å²) < 4.78 is 40.0. The normalized spacial score (nSPS) is 12.7. The molecular formula is C2HCl2F5. The summed E-state index contributed by atoms with van der Waals surface area (Å²) >= 11 is 7.97. The van der Waals surface area contributed by atoms with Gasteiger partial charge in [-0.15, -0.1) is 0 Å². The molecule has 0 amide bonds. The molecule has 9 heavy (non-hydrogen) atoms. The molecule has 0 aromatic rings. The Kier molecular flexibility index (Phi) is 3.82. The SMILES string of the molecule is F.FC(F)(F)C(F)(Cl)Cl.